The number of benzene rings is 2. The summed E-state index contributed by atoms with van der Waals surface area (Å²) in [7, 11) is 0. The van der Waals surface area contributed by atoms with Gasteiger partial charge in [0.15, 0.2) is 5.76 Å². The number of rotatable bonds is 9. The average molecular weight is 420 g/mol. The Bertz CT molecular complexity index is 1010. The number of hydrogen-bond acceptors (Lipinski definition) is 4. The molecule has 1 saturated carbocycles. The number of carbonyl (C=O) groups is 2. The molecule has 1 heterocycles. The van der Waals surface area contributed by atoms with Gasteiger partial charge in [0, 0.05) is 18.0 Å². The number of hydrogen-bond donors (Lipinski definition) is 0. The molecule has 0 saturated heterocycles. The van der Waals surface area contributed by atoms with Crippen LogP contribution in [-0.2, 0) is 16.0 Å². The Kier molecular flexibility index (Phi) is 6.40. The molecule has 5 heteroatoms. The van der Waals surface area contributed by atoms with Crippen molar-refractivity contribution in [1.29, 1.82) is 0 Å². The first-order valence-corrected chi connectivity index (χ1v) is 11.1. The number of aryl methyl sites for hydroxylation is 1. The van der Waals surface area contributed by atoms with Gasteiger partial charge >= 0.3 is 5.97 Å². The van der Waals surface area contributed by atoms with Crippen molar-refractivity contribution in [2.24, 2.45) is 11.8 Å². The zero-order valence-electron chi connectivity index (χ0n) is 18.1. The summed E-state index contributed by atoms with van der Waals surface area (Å²) in [5.41, 5.74) is 1.96. The maximum Gasteiger partial charge on any atom is 0.309 e. The summed E-state index contributed by atoms with van der Waals surface area (Å²) >= 11 is 0. The molecule has 4 rings (SSSR count). The molecule has 1 fully saturated rings. The van der Waals surface area contributed by atoms with Crippen molar-refractivity contribution in [3.05, 3.63) is 72.0 Å². The lowest BCUT2D eigenvalue weighted by molar-refractivity contribution is -0.145. The van der Waals surface area contributed by atoms with Gasteiger partial charge in [-0.15, -0.1) is 0 Å². The van der Waals surface area contributed by atoms with Crippen LogP contribution in [-0.4, -0.2) is 36.0 Å². The highest BCUT2D eigenvalue weighted by atomic mass is 16.5. The van der Waals surface area contributed by atoms with Crippen LogP contribution in [0.25, 0.3) is 11.0 Å². The van der Waals surface area contributed by atoms with Gasteiger partial charge < -0.3 is 14.1 Å². The summed E-state index contributed by atoms with van der Waals surface area (Å²) in [5.74, 6) is 0.117. The summed E-state index contributed by atoms with van der Waals surface area (Å²) in [5, 5.41) is 0.915. The molecule has 1 aromatic heterocycles. The predicted molar refractivity (Wildman–Crippen MR) is 120 cm³/mol. The van der Waals surface area contributed by atoms with E-state index in [0.29, 0.717) is 24.5 Å². The van der Waals surface area contributed by atoms with E-state index in [-0.39, 0.29) is 29.8 Å². The minimum absolute atomic E-state index is 0.0179. The standard InChI is InChI=1S/C26H29NO4/c1-3-30-26(29)22-15-21(22)17-27(18(2)13-14-19-9-5-4-6-10-19)25(28)24-16-20-11-7-8-12-23(20)31-24/h4-12,16,18,21-22H,3,13-15,17H2,1-2H3. The molecule has 0 aliphatic heterocycles. The van der Waals surface area contributed by atoms with E-state index in [2.05, 4.69) is 19.1 Å². The zero-order chi connectivity index (χ0) is 21.8. The van der Waals surface area contributed by atoms with E-state index in [1.165, 1.54) is 5.56 Å². The first-order valence-electron chi connectivity index (χ1n) is 11.1. The second-order valence-corrected chi connectivity index (χ2v) is 8.33. The number of carbonyl (C=O) groups excluding carboxylic acids is 2. The zero-order valence-corrected chi connectivity index (χ0v) is 18.1. The van der Waals surface area contributed by atoms with Gasteiger partial charge in [-0.25, -0.2) is 0 Å². The van der Waals surface area contributed by atoms with Gasteiger partial charge in [0.2, 0.25) is 0 Å². The Morgan fingerprint density at radius 3 is 2.61 bits per heavy atom. The molecule has 0 N–H and O–H groups in total. The molecule has 3 unspecified atom stereocenters. The van der Waals surface area contributed by atoms with Crippen LogP contribution in [0.3, 0.4) is 0 Å². The lowest BCUT2D eigenvalue weighted by atomic mass is 10.0. The predicted octanol–water partition coefficient (Wildman–Crippen LogP) is 5.10. The molecule has 31 heavy (non-hydrogen) atoms. The van der Waals surface area contributed by atoms with Crippen LogP contribution in [0.1, 0.15) is 42.8 Å². The average Bonchev–Trinajstić information content (AvgIpc) is 3.43. The Labute approximate surface area is 183 Å². The van der Waals surface area contributed by atoms with Crippen LogP contribution in [0.15, 0.2) is 65.1 Å². The van der Waals surface area contributed by atoms with Gasteiger partial charge in [-0.05, 0) is 56.7 Å². The lowest BCUT2D eigenvalue weighted by Crippen LogP contribution is -2.40. The second-order valence-electron chi connectivity index (χ2n) is 8.33. The number of furan rings is 1. The third-order valence-corrected chi connectivity index (χ3v) is 6.07. The molecule has 0 radical (unpaired) electrons. The third-order valence-electron chi connectivity index (χ3n) is 6.07. The highest BCUT2D eigenvalue weighted by Gasteiger charge is 2.46. The van der Waals surface area contributed by atoms with Crippen LogP contribution in [0.4, 0.5) is 0 Å². The molecule has 1 aliphatic carbocycles. The summed E-state index contributed by atoms with van der Waals surface area (Å²) in [6.07, 6.45) is 2.50. The second kappa shape index (κ2) is 9.38. The van der Waals surface area contributed by atoms with Crippen molar-refractivity contribution in [2.45, 2.75) is 39.2 Å². The largest absolute Gasteiger partial charge is 0.466 e. The highest BCUT2D eigenvalue weighted by Crippen LogP contribution is 2.41. The number of nitrogens with zero attached hydrogens (tertiary/aromatic N) is 1. The molecule has 0 spiro atoms. The monoisotopic (exact) mass is 419 g/mol. The normalized spacial score (nSPS) is 18.5. The highest BCUT2D eigenvalue weighted by molar-refractivity contribution is 5.96. The fourth-order valence-electron chi connectivity index (χ4n) is 4.11. The van der Waals surface area contributed by atoms with E-state index in [9.17, 15) is 9.59 Å². The molecule has 2 aromatic carbocycles. The topological polar surface area (TPSA) is 59.8 Å². The molecule has 162 valence electrons. The van der Waals surface area contributed by atoms with Gasteiger partial charge in [-0.3, -0.25) is 9.59 Å². The lowest BCUT2D eigenvalue weighted by Gasteiger charge is -2.29. The summed E-state index contributed by atoms with van der Waals surface area (Å²) in [4.78, 5) is 27.4. The Balaban J connectivity index is 1.50. The SMILES string of the molecule is CCOC(=O)C1CC1CN(C(=O)c1cc2ccccc2o1)C(C)CCc1ccccc1. The van der Waals surface area contributed by atoms with E-state index in [1.807, 2.05) is 60.4 Å². The van der Waals surface area contributed by atoms with Gasteiger partial charge in [0.25, 0.3) is 5.91 Å². The van der Waals surface area contributed by atoms with Gasteiger partial charge in [-0.2, -0.15) is 0 Å². The van der Waals surface area contributed by atoms with Crippen molar-refractivity contribution < 1.29 is 18.7 Å². The number of fused-ring (bicyclic) bond motifs is 1. The van der Waals surface area contributed by atoms with Crippen LogP contribution in [0.2, 0.25) is 0 Å². The minimum Gasteiger partial charge on any atom is -0.466 e. The third kappa shape index (κ3) is 4.98. The van der Waals surface area contributed by atoms with E-state index in [0.717, 1.165) is 24.6 Å². The van der Waals surface area contributed by atoms with Crippen molar-refractivity contribution in [2.75, 3.05) is 13.2 Å². The van der Waals surface area contributed by atoms with Crippen LogP contribution >= 0.6 is 0 Å². The van der Waals surface area contributed by atoms with E-state index >= 15 is 0 Å². The van der Waals surface area contributed by atoms with Gasteiger partial charge in [0.05, 0.1) is 12.5 Å². The Morgan fingerprint density at radius 1 is 1.13 bits per heavy atom. The summed E-state index contributed by atoms with van der Waals surface area (Å²) in [6.45, 7) is 4.82. The first kappa shape index (κ1) is 21.2. The number of para-hydroxylation sites is 1. The van der Waals surface area contributed by atoms with Crippen LogP contribution in [0.5, 0.6) is 0 Å². The maximum atomic E-state index is 13.4. The molecule has 1 amide bonds. The molecule has 3 atom stereocenters. The van der Waals surface area contributed by atoms with Crippen molar-refractivity contribution in [3.63, 3.8) is 0 Å². The fraction of sp³-hybridized carbons (Fsp3) is 0.385. The number of amides is 1. The first-order chi connectivity index (χ1) is 15.1. The quantitative estimate of drug-likeness (QED) is 0.453. The van der Waals surface area contributed by atoms with E-state index in [4.69, 9.17) is 9.15 Å². The Hall–Kier alpha value is -3.08. The van der Waals surface area contributed by atoms with Gasteiger partial charge in [0.1, 0.15) is 5.58 Å². The smallest absolute Gasteiger partial charge is 0.309 e. The summed E-state index contributed by atoms with van der Waals surface area (Å²) in [6, 6.07) is 19.8. The maximum absolute atomic E-state index is 13.4. The number of esters is 1. The molecule has 3 aromatic rings. The molecular weight excluding hydrogens is 390 g/mol. The molecule has 5 nitrogen and oxygen atoms in total. The van der Waals surface area contributed by atoms with Crippen LogP contribution in [0, 0.1) is 11.8 Å². The molecule has 0 bridgehead atoms. The van der Waals surface area contributed by atoms with Gasteiger partial charge in [-0.1, -0.05) is 48.5 Å². The Morgan fingerprint density at radius 2 is 1.87 bits per heavy atom. The summed E-state index contributed by atoms with van der Waals surface area (Å²) < 4.78 is 11.0. The molecule has 1 aliphatic rings. The number of ether oxygens (including phenoxy) is 1. The molecular formula is C26H29NO4. The fourth-order valence-corrected chi connectivity index (χ4v) is 4.11. The van der Waals surface area contributed by atoms with E-state index < -0.39 is 0 Å². The van der Waals surface area contributed by atoms with E-state index in [1.54, 1.807) is 0 Å². The minimum atomic E-state index is -0.152. The van der Waals surface area contributed by atoms with Crippen LogP contribution < -0.4 is 0 Å². The van der Waals surface area contributed by atoms with Crippen molar-refractivity contribution in [1.82, 2.24) is 4.90 Å². The van der Waals surface area contributed by atoms with Crippen molar-refractivity contribution in [3.8, 4) is 0 Å². The van der Waals surface area contributed by atoms with Crippen molar-refractivity contribution >= 4 is 22.8 Å².